The van der Waals surface area contributed by atoms with Gasteiger partial charge >= 0.3 is 0 Å². The van der Waals surface area contributed by atoms with Crippen LogP contribution in [0.3, 0.4) is 0 Å². The summed E-state index contributed by atoms with van der Waals surface area (Å²) in [6, 6.07) is 15.6. The summed E-state index contributed by atoms with van der Waals surface area (Å²) in [5.74, 6) is 0.308. The van der Waals surface area contributed by atoms with Crippen molar-refractivity contribution in [2.24, 2.45) is 5.10 Å². The van der Waals surface area contributed by atoms with Gasteiger partial charge in [0.1, 0.15) is 11.6 Å². The first-order chi connectivity index (χ1) is 15.0. The van der Waals surface area contributed by atoms with E-state index in [4.69, 9.17) is 9.47 Å². The van der Waals surface area contributed by atoms with Crippen LogP contribution in [-0.4, -0.2) is 36.1 Å². The number of hydrogen-bond acceptors (Lipinski definition) is 7. The van der Waals surface area contributed by atoms with E-state index in [0.29, 0.717) is 22.7 Å². The lowest BCUT2D eigenvalue weighted by molar-refractivity contribution is 0.0947. The smallest absolute Gasteiger partial charge is 0.292 e. The Bertz CT molecular complexity index is 1240. The van der Waals surface area contributed by atoms with Crippen molar-refractivity contribution in [3.8, 4) is 23.3 Å². The number of hydrazone groups is 1. The lowest BCUT2D eigenvalue weighted by Gasteiger charge is -2.11. The molecule has 0 aliphatic carbocycles. The Morgan fingerprint density at radius 3 is 2.55 bits per heavy atom. The van der Waals surface area contributed by atoms with Gasteiger partial charge in [-0.2, -0.15) is 20.1 Å². The van der Waals surface area contributed by atoms with E-state index in [2.05, 4.69) is 15.6 Å². The zero-order valence-electron chi connectivity index (χ0n) is 17.1. The summed E-state index contributed by atoms with van der Waals surface area (Å²) in [4.78, 5) is 25.3. The number of carbonyl (C=O) groups excluding carboxylic acids is 1. The maximum atomic E-state index is 12.7. The second kappa shape index (κ2) is 9.37. The van der Waals surface area contributed by atoms with Crippen LogP contribution in [0.1, 0.15) is 27.2 Å². The number of carbonyl (C=O) groups is 1. The second-order valence-electron chi connectivity index (χ2n) is 6.29. The Kier molecular flexibility index (Phi) is 6.42. The molecular weight excluding hydrogens is 398 g/mol. The molecule has 2 aromatic carbocycles. The van der Waals surface area contributed by atoms with Crippen LogP contribution >= 0.6 is 0 Å². The monoisotopic (exact) mass is 417 g/mol. The van der Waals surface area contributed by atoms with Crippen molar-refractivity contribution in [3.05, 3.63) is 81.3 Å². The molecule has 0 saturated carbocycles. The molecule has 1 N–H and O–H groups in total. The van der Waals surface area contributed by atoms with E-state index < -0.39 is 11.5 Å². The molecule has 0 saturated heterocycles. The highest BCUT2D eigenvalue weighted by atomic mass is 16.5. The third-order valence-electron chi connectivity index (χ3n) is 4.47. The van der Waals surface area contributed by atoms with Crippen molar-refractivity contribution in [2.45, 2.75) is 6.92 Å². The molecule has 0 atom stereocenters. The number of benzene rings is 2. The lowest BCUT2D eigenvalue weighted by Crippen LogP contribution is -2.31. The summed E-state index contributed by atoms with van der Waals surface area (Å²) in [6.07, 6.45) is 1.40. The van der Waals surface area contributed by atoms with Gasteiger partial charge in [0, 0.05) is 11.1 Å². The number of ether oxygens (including phenoxy) is 2. The van der Waals surface area contributed by atoms with Gasteiger partial charge in [0.05, 0.1) is 26.1 Å². The molecular formula is C22H19N5O4. The Labute approximate surface area is 178 Å². The largest absolute Gasteiger partial charge is 0.493 e. The quantitative estimate of drug-likeness (QED) is 0.485. The highest BCUT2D eigenvalue weighted by molar-refractivity contribution is 5.95. The van der Waals surface area contributed by atoms with Crippen LogP contribution in [0.15, 0.2) is 58.4 Å². The molecule has 31 heavy (non-hydrogen) atoms. The van der Waals surface area contributed by atoms with Crippen LogP contribution in [0.2, 0.25) is 0 Å². The molecule has 0 bridgehead atoms. The van der Waals surface area contributed by atoms with Crippen molar-refractivity contribution < 1.29 is 14.3 Å². The number of rotatable bonds is 6. The SMILES string of the molecule is COc1cccc(C=NNC(=O)c2nn(-c3ccccc3)c(=O)c(C#N)c2C)c1OC. The van der Waals surface area contributed by atoms with Crippen LogP contribution in [0.25, 0.3) is 5.69 Å². The first kappa shape index (κ1) is 21.3. The fourth-order valence-corrected chi connectivity index (χ4v) is 2.92. The number of para-hydroxylation sites is 2. The lowest BCUT2D eigenvalue weighted by atomic mass is 10.1. The molecule has 1 amide bonds. The number of nitrogens with zero attached hydrogens (tertiary/aromatic N) is 4. The van der Waals surface area contributed by atoms with Gasteiger partial charge in [-0.15, -0.1) is 0 Å². The molecule has 3 aromatic rings. The van der Waals surface area contributed by atoms with Gasteiger partial charge in [0.15, 0.2) is 17.2 Å². The number of nitrogens with one attached hydrogen (secondary N) is 1. The van der Waals surface area contributed by atoms with E-state index in [1.165, 1.54) is 27.4 Å². The molecule has 0 aliphatic rings. The van der Waals surface area contributed by atoms with Crippen molar-refractivity contribution in [1.29, 1.82) is 5.26 Å². The molecule has 3 rings (SSSR count). The van der Waals surface area contributed by atoms with Gasteiger partial charge < -0.3 is 9.47 Å². The minimum Gasteiger partial charge on any atom is -0.493 e. The summed E-state index contributed by atoms with van der Waals surface area (Å²) in [5, 5.41) is 17.5. The fourth-order valence-electron chi connectivity index (χ4n) is 2.92. The molecule has 156 valence electrons. The van der Waals surface area contributed by atoms with E-state index in [9.17, 15) is 14.9 Å². The first-order valence-electron chi connectivity index (χ1n) is 9.15. The highest BCUT2D eigenvalue weighted by Crippen LogP contribution is 2.29. The first-order valence-corrected chi connectivity index (χ1v) is 9.15. The average molecular weight is 417 g/mol. The van der Waals surface area contributed by atoms with E-state index in [1.807, 2.05) is 6.07 Å². The van der Waals surface area contributed by atoms with Crippen molar-refractivity contribution in [3.63, 3.8) is 0 Å². The Hall–Kier alpha value is -4.45. The minimum absolute atomic E-state index is 0.0882. The minimum atomic E-state index is -0.670. The van der Waals surface area contributed by atoms with Crippen molar-refractivity contribution in [1.82, 2.24) is 15.2 Å². The zero-order chi connectivity index (χ0) is 22.4. The molecule has 9 nitrogen and oxygen atoms in total. The van der Waals surface area contributed by atoms with Gasteiger partial charge in [-0.05, 0) is 31.2 Å². The standard InChI is InChI=1S/C22H19N5O4/c1-14-17(12-23)22(29)27(16-9-5-4-6-10-16)26-19(14)21(28)25-24-13-15-8-7-11-18(30-2)20(15)31-3/h4-11,13H,1-3H3,(H,25,28). The average Bonchev–Trinajstić information content (AvgIpc) is 2.79. The van der Waals surface area contributed by atoms with Crippen LogP contribution in [0, 0.1) is 18.3 Å². The summed E-state index contributed by atoms with van der Waals surface area (Å²) < 4.78 is 11.6. The Morgan fingerprint density at radius 2 is 1.90 bits per heavy atom. The topological polar surface area (TPSA) is 119 Å². The third-order valence-corrected chi connectivity index (χ3v) is 4.47. The van der Waals surface area contributed by atoms with E-state index >= 15 is 0 Å². The van der Waals surface area contributed by atoms with Crippen LogP contribution < -0.4 is 20.5 Å². The maximum absolute atomic E-state index is 12.7. The van der Waals surface area contributed by atoms with E-state index in [1.54, 1.807) is 48.5 Å². The maximum Gasteiger partial charge on any atom is 0.292 e. The number of amides is 1. The molecule has 0 spiro atoms. The normalized spacial score (nSPS) is 10.5. The number of nitriles is 1. The molecule has 1 aromatic heterocycles. The number of hydrogen-bond donors (Lipinski definition) is 1. The Balaban J connectivity index is 1.95. The van der Waals surface area contributed by atoms with Crippen LogP contribution in [-0.2, 0) is 0 Å². The predicted molar refractivity (Wildman–Crippen MR) is 114 cm³/mol. The Morgan fingerprint density at radius 1 is 1.16 bits per heavy atom. The summed E-state index contributed by atoms with van der Waals surface area (Å²) in [6.45, 7) is 1.49. The predicted octanol–water partition coefficient (Wildman–Crippen LogP) is 2.19. The summed E-state index contributed by atoms with van der Waals surface area (Å²) >= 11 is 0. The third kappa shape index (κ3) is 4.28. The fraction of sp³-hybridized carbons (Fsp3) is 0.136. The molecule has 0 fully saturated rings. The number of methoxy groups -OCH3 is 2. The van der Waals surface area contributed by atoms with Crippen LogP contribution in [0.4, 0.5) is 0 Å². The van der Waals surface area contributed by atoms with Gasteiger partial charge in [-0.3, -0.25) is 9.59 Å². The summed E-state index contributed by atoms with van der Waals surface area (Å²) in [5.41, 5.74) is 2.70. The van der Waals surface area contributed by atoms with Crippen LogP contribution in [0.5, 0.6) is 11.5 Å². The van der Waals surface area contributed by atoms with Gasteiger partial charge in [0.2, 0.25) is 0 Å². The highest BCUT2D eigenvalue weighted by Gasteiger charge is 2.20. The molecule has 0 radical (unpaired) electrons. The molecule has 0 unspecified atom stereocenters. The molecule has 0 aliphatic heterocycles. The second-order valence-corrected chi connectivity index (χ2v) is 6.29. The molecule has 9 heteroatoms. The van der Waals surface area contributed by atoms with Crippen molar-refractivity contribution in [2.75, 3.05) is 14.2 Å². The van der Waals surface area contributed by atoms with Gasteiger partial charge in [-0.25, -0.2) is 5.43 Å². The zero-order valence-corrected chi connectivity index (χ0v) is 17.1. The van der Waals surface area contributed by atoms with E-state index in [-0.39, 0.29) is 16.8 Å². The molecule has 1 heterocycles. The van der Waals surface area contributed by atoms with Crippen molar-refractivity contribution >= 4 is 12.1 Å². The van der Waals surface area contributed by atoms with E-state index in [0.717, 1.165) is 4.68 Å². The summed E-state index contributed by atoms with van der Waals surface area (Å²) in [7, 11) is 3.01. The van der Waals surface area contributed by atoms with Gasteiger partial charge in [-0.1, -0.05) is 24.3 Å². The number of aromatic nitrogens is 2. The van der Waals surface area contributed by atoms with Gasteiger partial charge in [0.25, 0.3) is 11.5 Å².